The Morgan fingerprint density at radius 3 is 1.81 bits per heavy atom. The van der Waals surface area contributed by atoms with Gasteiger partial charge in [-0.25, -0.2) is 4.79 Å². The summed E-state index contributed by atoms with van der Waals surface area (Å²) in [6.07, 6.45) is 20.5. The number of hydrogen-bond donors (Lipinski definition) is 3. The molecule has 0 saturated carbocycles. The zero-order chi connectivity index (χ0) is 19.5. The summed E-state index contributed by atoms with van der Waals surface area (Å²) in [5, 5.41) is 19.9. The molecule has 6 heteroatoms. The van der Waals surface area contributed by atoms with Gasteiger partial charge in [-0.05, 0) is 32.1 Å². The van der Waals surface area contributed by atoms with Crippen LogP contribution in [-0.2, 0) is 9.59 Å². The monoisotopic (exact) mass is 459 g/mol. The molecule has 1 unspecified atom stereocenters. The first kappa shape index (κ1) is 29.3. The van der Waals surface area contributed by atoms with Gasteiger partial charge in [0, 0.05) is 6.42 Å². The number of aliphatic hydroxyl groups excluding tert-OH is 1. The van der Waals surface area contributed by atoms with Crippen molar-refractivity contribution < 1.29 is 19.8 Å². The molecule has 3 N–H and O–H groups in total. The van der Waals surface area contributed by atoms with Gasteiger partial charge in [0.25, 0.3) is 0 Å². The number of carboxylic acid groups (broad SMARTS) is 1. The summed E-state index contributed by atoms with van der Waals surface area (Å²) in [7, 11) is 0. The van der Waals surface area contributed by atoms with Gasteiger partial charge in [-0.3, -0.25) is 4.79 Å². The van der Waals surface area contributed by atoms with E-state index in [9.17, 15) is 9.59 Å². The Labute approximate surface area is 202 Å². The van der Waals surface area contributed by atoms with Crippen molar-refractivity contribution in [2.24, 2.45) is 0 Å². The van der Waals surface area contributed by atoms with Gasteiger partial charge in [0.15, 0.2) is 0 Å². The van der Waals surface area contributed by atoms with Crippen molar-refractivity contribution >= 4 is 57.4 Å². The third-order valence-corrected chi connectivity index (χ3v) is 4.48. The number of carbonyl (C=O) groups excluding carboxylic acids is 1. The van der Waals surface area contributed by atoms with E-state index in [1.54, 1.807) is 0 Å². The SMILES string of the molecule is CCCCCCCC/C=C\CCCCCCCC(=O)NC(CO)C(=O)O.[SrH2]. The molecule has 27 heavy (non-hydrogen) atoms. The first-order valence-corrected chi connectivity index (χ1v) is 10.4. The van der Waals surface area contributed by atoms with E-state index in [-0.39, 0.29) is 51.4 Å². The number of aliphatic carboxylic acids is 1. The molecule has 0 aromatic heterocycles. The van der Waals surface area contributed by atoms with Crippen LogP contribution in [0.25, 0.3) is 0 Å². The molecule has 0 aromatic carbocycles. The van der Waals surface area contributed by atoms with Gasteiger partial charge in [0.1, 0.15) is 6.04 Å². The summed E-state index contributed by atoms with van der Waals surface area (Å²) in [6.45, 7) is 1.67. The van der Waals surface area contributed by atoms with Crippen LogP contribution in [0.15, 0.2) is 12.2 Å². The summed E-state index contributed by atoms with van der Waals surface area (Å²) in [5.74, 6) is -1.51. The van der Waals surface area contributed by atoms with Gasteiger partial charge in [-0.15, -0.1) is 0 Å². The molecule has 0 bridgehead atoms. The van der Waals surface area contributed by atoms with Gasteiger partial charge in [-0.2, -0.15) is 0 Å². The molecule has 1 amide bonds. The normalized spacial score (nSPS) is 11.9. The number of rotatable bonds is 18. The Kier molecular flexibility index (Phi) is 24.3. The fourth-order valence-electron chi connectivity index (χ4n) is 2.81. The third-order valence-electron chi connectivity index (χ3n) is 4.48. The van der Waals surface area contributed by atoms with Crippen molar-refractivity contribution in [2.75, 3.05) is 6.61 Å². The first-order chi connectivity index (χ1) is 12.6. The Hall–Kier alpha value is 0.121. The van der Waals surface area contributed by atoms with Crippen LogP contribution in [0.2, 0.25) is 0 Å². The predicted octanol–water partition coefficient (Wildman–Crippen LogP) is 3.67. The van der Waals surface area contributed by atoms with Crippen molar-refractivity contribution in [1.29, 1.82) is 0 Å². The molecular formula is C21H41NO4Sr. The molecule has 0 aliphatic rings. The van der Waals surface area contributed by atoms with Gasteiger partial charge in [-0.1, -0.05) is 70.4 Å². The summed E-state index contributed by atoms with van der Waals surface area (Å²) < 4.78 is 0. The van der Waals surface area contributed by atoms with E-state index >= 15 is 0 Å². The summed E-state index contributed by atoms with van der Waals surface area (Å²) in [5.41, 5.74) is 0. The van der Waals surface area contributed by atoms with Crippen molar-refractivity contribution in [1.82, 2.24) is 5.32 Å². The Bertz CT molecular complexity index is 388. The molecule has 0 aliphatic heterocycles. The molecule has 5 nitrogen and oxygen atoms in total. The number of amides is 1. The third kappa shape index (κ3) is 20.7. The molecule has 0 spiro atoms. The van der Waals surface area contributed by atoms with E-state index in [0.29, 0.717) is 6.42 Å². The van der Waals surface area contributed by atoms with E-state index < -0.39 is 18.6 Å². The Morgan fingerprint density at radius 2 is 1.33 bits per heavy atom. The second-order valence-corrected chi connectivity index (χ2v) is 6.98. The average molecular weight is 459 g/mol. The van der Waals surface area contributed by atoms with Crippen molar-refractivity contribution in [2.45, 2.75) is 103 Å². The second-order valence-electron chi connectivity index (χ2n) is 6.98. The minimum atomic E-state index is -1.20. The number of carboxylic acids is 1. The molecule has 0 aromatic rings. The zero-order valence-corrected chi connectivity index (χ0v) is 16.5. The van der Waals surface area contributed by atoms with Crippen LogP contribution >= 0.6 is 0 Å². The standard InChI is InChI=1S/C21H39NO4.Sr.2H/c1-2-3-4-5-6-7-8-9-10-11-12-13-14-15-16-17-20(24)22-19(18-23)21(25)26;;;/h9-10,19,23H,2-8,11-18H2,1H3,(H,22,24)(H,25,26);;;/b10-9-;;;. The summed E-state index contributed by atoms with van der Waals surface area (Å²) in [4.78, 5) is 22.3. The van der Waals surface area contributed by atoms with Gasteiger partial charge < -0.3 is 15.5 Å². The van der Waals surface area contributed by atoms with Crippen LogP contribution in [0.1, 0.15) is 96.8 Å². The van der Waals surface area contributed by atoms with Crippen LogP contribution in [-0.4, -0.2) is 80.2 Å². The van der Waals surface area contributed by atoms with Crippen LogP contribution in [0, 0.1) is 0 Å². The zero-order valence-electron chi connectivity index (χ0n) is 16.5. The topological polar surface area (TPSA) is 86.6 Å². The van der Waals surface area contributed by atoms with Crippen LogP contribution < -0.4 is 5.32 Å². The molecule has 0 radical (unpaired) electrons. The number of unbranched alkanes of at least 4 members (excludes halogenated alkanes) is 11. The number of nitrogens with one attached hydrogen (secondary N) is 1. The molecular weight excluding hydrogens is 418 g/mol. The maximum absolute atomic E-state index is 11.6. The van der Waals surface area contributed by atoms with Crippen LogP contribution in [0.5, 0.6) is 0 Å². The molecule has 1 atom stereocenters. The quantitative estimate of drug-likeness (QED) is 0.166. The summed E-state index contributed by atoms with van der Waals surface area (Å²) in [6, 6.07) is -1.19. The van der Waals surface area contributed by atoms with E-state index in [4.69, 9.17) is 10.2 Å². The molecule has 156 valence electrons. The van der Waals surface area contributed by atoms with E-state index in [1.165, 1.54) is 51.4 Å². The fourth-order valence-corrected chi connectivity index (χ4v) is 2.81. The molecule has 0 aliphatic carbocycles. The first-order valence-electron chi connectivity index (χ1n) is 10.4. The van der Waals surface area contributed by atoms with E-state index in [2.05, 4.69) is 24.4 Å². The predicted molar refractivity (Wildman–Crippen MR) is 115 cm³/mol. The van der Waals surface area contributed by atoms with E-state index in [0.717, 1.165) is 32.1 Å². The molecule has 0 saturated heterocycles. The molecule has 0 heterocycles. The number of hydrogen-bond acceptors (Lipinski definition) is 3. The number of aliphatic hydroxyl groups is 1. The fraction of sp³-hybridized carbons (Fsp3) is 0.810. The number of allylic oxidation sites excluding steroid dienone is 2. The van der Waals surface area contributed by atoms with Gasteiger partial charge >= 0.3 is 51.5 Å². The Balaban J connectivity index is 0. The van der Waals surface area contributed by atoms with Gasteiger partial charge in [0.05, 0.1) is 6.61 Å². The van der Waals surface area contributed by atoms with Crippen molar-refractivity contribution in [3.8, 4) is 0 Å². The van der Waals surface area contributed by atoms with Crippen LogP contribution in [0.3, 0.4) is 0 Å². The van der Waals surface area contributed by atoms with Gasteiger partial charge in [0.2, 0.25) is 5.91 Å². The van der Waals surface area contributed by atoms with Crippen molar-refractivity contribution in [3.63, 3.8) is 0 Å². The number of carbonyl (C=O) groups is 2. The average Bonchev–Trinajstić information content (AvgIpc) is 2.62. The molecule has 0 fully saturated rings. The minimum absolute atomic E-state index is 0. The van der Waals surface area contributed by atoms with Crippen LogP contribution in [0.4, 0.5) is 0 Å². The molecule has 0 rings (SSSR count). The summed E-state index contributed by atoms with van der Waals surface area (Å²) >= 11 is 0. The van der Waals surface area contributed by atoms with E-state index in [1.807, 2.05) is 0 Å². The Morgan fingerprint density at radius 1 is 0.852 bits per heavy atom. The maximum atomic E-state index is 11.6. The van der Waals surface area contributed by atoms with Crippen molar-refractivity contribution in [3.05, 3.63) is 12.2 Å². The second kappa shape index (κ2) is 22.4.